The van der Waals surface area contributed by atoms with E-state index in [4.69, 9.17) is 10.5 Å². The van der Waals surface area contributed by atoms with E-state index < -0.39 is 6.04 Å². The molecule has 1 fully saturated rings. The fraction of sp³-hybridized carbons (Fsp3) is 0.583. The van der Waals surface area contributed by atoms with E-state index in [9.17, 15) is 4.79 Å². The third kappa shape index (κ3) is 3.37. The Bertz CT molecular complexity index is 485. The Labute approximate surface area is 126 Å². The minimum atomic E-state index is -0.402. The normalized spacial score (nSPS) is 18.9. The maximum atomic E-state index is 12.2. The largest absolute Gasteiger partial charge is 0.377 e. The molecule has 110 valence electrons. The monoisotopic (exact) mass is 343 g/mol. The van der Waals surface area contributed by atoms with E-state index >= 15 is 0 Å². The van der Waals surface area contributed by atoms with Crippen LogP contribution in [0.15, 0.2) is 10.7 Å². The van der Waals surface area contributed by atoms with Crippen LogP contribution in [0.1, 0.15) is 13.3 Å². The number of hydrogen-bond donors (Lipinski definition) is 2. The van der Waals surface area contributed by atoms with E-state index in [1.807, 2.05) is 11.8 Å². The predicted octanol–water partition coefficient (Wildman–Crippen LogP) is 0.553. The molecule has 1 aromatic heterocycles. The molecule has 0 aromatic carbocycles. The van der Waals surface area contributed by atoms with Crippen LogP contribution in [0, 0.1) is 0 Å². The summed E-state index contributed by atoms with van der Waals surface area (Å²) < 4.78 is 6.12. The lowest BCUT2D eigenvalue weighted by molar-refractivity contribution is -0.124. The molecule has 0 saturated carbocycles. The summed E-state index contributed by atoms with van der Waals surface area (Å²) in [6.07, 6.45) is 2.48. The van der Waals surface area contributed by atoms with Gasteiger partial charge in [0, 0.05) is 19.3 Å². The van der Waals surface area contributed by atoms with Crippen molar-refractivity contribution in [2.45, 2.75) is 19.4 Å². The number of hydrogen-bond acceptors (Lipinski definition) is 6. The van der Waals surface area contributed by atoms with Crippen molar-refractivity contribution in [2.75, 3.05) is 36.9 Å². The number of nitrogen functional groups attached to an aromatic ring is 1. The van der Waals surface area contributed by atoms with Gasteiger partial charge in [-0.3, -0.25) is 4.79 Å². The minimum absolute atomic E-state index is 0.0596. The number of morpholine rings is 1. The summed E-state index contributed by atoms with van der Waals surface area (Å²) in [4.78, 5) is 22.2. The number of aromatic nitrogens is 2. The van der Waals surface area contributed by atoms with Crippen LogP contribution >= 0.6 is 15.9 Å². The predicted molar refractivity (Wildman–Crippen MR) is 79.4 cm³/mol. The van der Waals surface area contributed by atoms with Gasteiger partial charge in [0.25, 0.3) is 0 Å². The molecule has 1 unspecified atom stereocenters. The van der Waals surface area contributed by atoms with Crippen LogP contribution < -0.4 is 16.0 Å². The van der Waals surface area contributed by atoms with Crippen LogP contribution in [0.25, 0.3) is 0 Å². The van der Waals surface area contributed by atoms with Gasteiger partial charge in [0.05, 0.1) is 17.7 Å². The molecule has 2 rings (SSSR count). The van der Waals surface area contributed by atoms with Gasteiger partial charge in [0.1, 0.15) is 11.9 Å². The van der Waals surface area contributed by atoms with Gasteiger partial charge < -0.3 is 20.7 Å². The van der Waals surface area contributed by atoms with Crippen LogP contribution in [-0.4, -0.2) is 48.2 Å². The maximum absolute atomic E-state index is 12.2. The van der Waals surface area contributed by atoms with Gasteiger partial charge in [-0.25, -0.2) is 4.98 Å². The summed E-state index contributed by atoms with van der Waals surface area (Å²) in [5.74, 6) is 0.746. The third-order valence-corrected chi connectivity index (χ3v) is 3.56. The molecule has 8 heteroatoms. The smallest absolute Gasteiger partial charge is 0.245 e. The molecule has 3 N–H and O–H groups in total. The first-order valence-electron chi connectivity index (χ1n) is 6.53. The van der Waals surface area contributed by atoms with E-state index in [0.717, 1.165) is 6.42 Å². The number of nitrogens with one attached hydrogen (secondary N) is 1. The Morgan fingerprint density at radius 1 is 1.70 bits per heavy atom. The first-order chi connectivity index (χ1) is 9.63. The number of rotatable bonds is 4. The highest BCUT2D eigenvalue weighted by Gasteiger charge is 2.31. The van der Waals surface area contributed by atoms with E-state index in [2.05, 4.69) is 31.2 Å². The molecule has 1 atom stereocenters. The molecule has 2 heterocycles. The Morgan fingerprint density at radius 2 is 2.50 bits per heavy atom. The zero-order valence-electron chi connectivity index (χ0n) is 11.3. The Balaban J connectivity index is 2.22. The second-order valence-corrected chi connectivity index (χ2v) is 5.33. The van der Waals surface area contributed by atoms with Crippen molar-refractivity contribution >= 4 is 33.6 Å². The summed E-state index contributed by atoms with van der Waals surface area (Å²) in [5, 5.41) is 2.89. The van der Waals surface area contributed by atoms with E-state index in [1.54, 1.807) is 6.20 Å². The maximum Gasteiger partial charge on any atom is 0.245 e. The number of carbonyl (C=O) groups is 1. The molecule has 20 heavy (non-hydrogen) atoms. The molecule has 7 nitrogen and oxygen atoms in total. The quantitative estimate of drug-likeness (QED) is 0.829. The van der Waals surface area contributed by atoms with E-state index in [1.165, 1.54) is 0 Å². The topological polar surface area (TPSA) is 93.4 Å². The number of anilines is 2. The summed E-state index contributed by atoms with van der Waals surface area (Å²) in [6, 6.07) is -0.402. The number of amides is 1. The molecule has 1 saturated heterocycles. The third-order valence-electron chi connectivity index (χ3n) is 3.00. The van der Waals surface area contributed by atoms with E-state index in [-0.39, 0.29) is 11.9 Å². The second kappa shape index (κ2) is 6.85. The van der Waals surface area contributed by atoms with Gasteiger partial charge in [0.15, 0.2) is 0 Å². The SMILES string of the molecule is CCCNC(=O)C1COCCN1c1nc(N)ncc1Br. The summed E-state index contributed by atoms with van der Waals surface area (Å²) >= 11 is 3.40. The fourth-order valence-corrected chi connectivity index (χ4v) is 2.43. The second-order valence-electron chi connectivity index (χ2n) is 4.47. The molecule has 0 radical (unpaired) electrons. The van der Waals surface area contributed by atoms with Crippen LogP contribution in [0.3, 0.4) is 0 Å². The number of nitrogens with two attached hydrogens (primary N) is 1. The van der Waals surface area contributed by atoms with Crippen molar-refractivity contribution in [1.29, 1.82) is 0 Å². The summed E-state index contributed by atoms with van der Waals surface area (Å²) in [6.45, 7) is 4.13. The van der Waals surface area contributed by atoms with Crippen molar-refractivity contribution in [1.82, 2.24) is 15.3 Å². The standard InChI is InChI=1S/C12H18BrN5O2/c1-2-3-15-11(19)9-7-20-5-4-18(9)10-8(13)6-16-12(14)17-10/h6,9H,2-5,7H2,1H3,(H,15,19)(H2,14,16,17). The molecule has 0 bridgehead atoms. The highest BCUT2D eigenvalue weighted by atomic mass is 79.9. The molecular formula is C12H18BrN5O2. The molecule has 0 aliphatic carbocycles. The van der Waals surface area contributed by atoms with Crippen molar-refractivity contribution in [3.63, 3.8) is 0 Å². The molecule has 0 spiro atoms. The first-order valence-corrected chi connectivity index (χ1v) is 7.33. The molecular weight excluding hydrogens is 326 g/mol. The Kier molecular flexibility index (Phi) is 5.13. The number of nitrogens with zero attached hydrogens (tertiary/aromatic N) is 3. The van der Waals surface area contributed by atoms with Gasteiger partial charge in [-0.2, -0.15) is 4.98 Å². The molecule has 1 aromatic rings. The zero-order chi connectivity index (χ0) is 14.5. The lowest BCUT2D eigenvalue weighted by Crippen LogP contribution is -2.54. The zero-order valence-corrected chi connectivity index (χ0v) is 12.9. The lowest BCUT2D eigenvalue weighted by atomic mass is 10.2. The van der Waals surface area contributed by atoms with Gasteiger partial charge >= 0.3 is 0 Å². The van der Waals surface area contributed by atoms with Crippen LogP contribution in [0.5, 0.6) is 0 Å². The van der Waals surface area contributed by atoms with Crippen molar-refractivity contribution in [2.24, 2.45) is 0 Å². The van der Waals surface area contributed by atoms with Crippen LogP contribution in [-0.2, 0) is 9.53 Å². The van der Waals surface area contributed by atoms with E-state index in [0.29, 0.717) is 36.6 Å². The van der Waals surface area contributed by atoms with Crippen molar-refractivity contribution in [3.8, 4) is 0 Å². The molecule has 1 aliphatic heterocycles. The minimum Gasteiger partial charge on any atom is -0.377 e. The average Bonchev–Trinajstić information content (AvgIpc) is 2.47. The molecule has 1 amide bonds. The number of carbonyl (C=O) groups excluding carboxylic acids is 1. The number of ether oxygens (including phenoxy) is 1. The highest BCUT2D eigenvalue weighted by Crippen LogP contribution is 2.26. The van der Waals surface area contributed by atoms with Crippen molar-refractivity contribution < 1.29 is 9.53 Å². The molecule has 1 aliphatic rings. The first kappa shape index (κ1) is 15.0. The number of halogens is 1. The Morgan fingerprint density at radius 3 is 3.25 bits per heavy atom. The van der Waals surface area contributed by atoms with Gasteiger partial charge in [-0.15, -0.1) is 0 Å². The highest BCUT2D eigenvalue weighted by molar-refractivity contribution is 9.10. The fourth-order valence-electron chi connectivity index (χ4n) is 2.01. The summed E-state index contributed by atoms with van der Waals surface area (Å²) in [7, 11) is 0. The Hall–Kier alpha value is -1.41. The average molecular weight is 344 g/mol. The van der Waals surface area contributed by atoms with Crippen molar-refractivity contribution in [3.05, 3.63) is 10.7 Å². The lowest BCUT2D eigenvalue weighted by Gasteiger charge is -2.35. The van der Waals surface area contributed by atoms with Gasteiger partial charge in [-0.1, -0.05) is 6.92 Å². The summed E-state index contributed by atoms with van der Waals surface area (Å²) in [5.41, 5.74) is 5.63. The van der Waals surface area contributed by atoms with Gasteiger partial charge in [0.2, 0.25) is 11.9 Å². The van der Waals surface area contributed by atoms with Crippen LogP contribution in [0.2, 0.25) is 0 Å². The van der Waals surface area contributed by atoms with Gasteiger partial charge in [-0.05, 0) is 22.4 Å². The van der Waals surface area contributed by atoms with Crippen LogP contribution in [0.4, 0.5) is 11.8 Å².